The van der Waals surface area contributed by atoms with Crippen LogP contribution in [0.15, 0.2) is 0 Å². The summed E-state index contributed by atoms with van der Waals surface area (Å²) in [5.74, 6) is 0.0935. The van der Waals surface area contributed by atoms with E-state index in [0.717, 1.165) is 11.5 Å². The Morgan fingerprint density at radius 2 is 2.24 bits per heavy atom. The molecule has 5 heteroatoms. The van der Waals surface area contributed by atoms with Crippen LogP contribution in [-0.4, -0.2) is 27.9 Å². The van der Waals surface area contributed by atoms with Crippen LogP contribution in [0.3, 0.4) is 0 Å². The smallest absolute Gasteiger partial charge is 0.309 e. The van der Waals surface area contributed by atoms with Crippen LogP contribution in [0, 0.1) is 12.8 Å². The molecule has 0 N–H and O–H groups in total. The maximum atomic E-state index is 11.9. The Morgan fingerprint density at radius 1 is 1.53 bits per heavy atom. The van der Waals surface area contributed by atoms with Crippen LogP contribution in [0.4, 0.5) is 0 Å². The molecular formula is C12H16N2O3. The quantitative estimate of drug-likeness (QED) is 0.720. The first-order chi connectivity index (χ1) is 8.04. The minimum atomic E-state index is -0.357. The molecule has 0 amide bonds. The Labute approximate surface area is 99.8 Å². The van der Waals surface area contributed by atoms with E-state index in [9.17, 15) is 9.59 Å². The van der Waals surface area contributed by atoms with Crippen LogP contribution in [0.1, 0.15) is 35.4 Å². The largest absolute Gasteiger partial charge is 0.466 e. The van der Waals surface area contributed by atoms with Crippen molar-refractivity contribution in [3.05, 3.63) is 17.2 Å². The van der Waals surface area contributed by atoms with Gasteiger partial charge in [0.2, 0.25) is 0 Å². The van der Waals surface area contributed by atoms with Gasteiger partial charge in [0.1, 0.15) is 11.5 Å². The minimum absolute atomic E-state index is 0.0620. The summed E-state index contributed by atoms with van der Waals surface area (Å²) in [7, 11) is 1.86. The Bertz CT molecular complexity index is 476. The number of hydrogen-bond acceptors (Lipinski definition) is 4. The first-order valence-electron chi connectivity index (χ1n) is 5.76. The van der Waals surface area contributed by atoms with Gasteiger partial charge >= 0.3 is 5.97 Å². The van der Waals surface area contributed by atoms with Gasteiger partial charge in [-0.2, -0.15) is 0 Å². The fourth-order valence-corrected chi connectivity index (χ4v) is 2.17. The van der Waals surface area contributed by atoms with Crippen molar-refractivity contribution in [2.24, 2.45) is 13.0 Å². The first-order valence-corrected chi connectivity index (χ1v) is 5.76. The molecule has 1 aliphatic rings. The zero-order chi connectivity index (χ0) is 12.6. The number of rotatable bonds is 2. The standard InChI is InChI=1S/C12H16N2O3/c1-4-17-12(16)8-5-9-11(10(15)6-8)13-7(2)14(9)3/h8H,4-6H2,1-3H3/t8-/m1/s1. The van der Waals surface area contributed by atoms with Crippen LogP contribution in [-0.2, 0) is 23.0 Å². The molecule has 0 aromatic carbocycles. The predicted molar refractivity (Wildman–Crippen MR) is 60.7 cm³/mol. The fraction of sp³-hybridized carbons (Fsp3) is 0.583. The molecule has 0 spiro atoms. The van der Waals surface area contributed by atoms with Crippen molar-refractivity contribution in [2.75, 3.05) is 6.61 Å². The number of carbonyl (C=O) groups excluding carboxylic acids is 2. The molecule has 1 aromatic rings. The normalized spacial score (nSPS) is 19.0. The minimum Gasteiger partial charge on any atom is -0.466 e. The molecule has 1 heterocycles. The summed E-state index contributed by atoms with van der Waals surface area (Å²) in [6.07, 6.45) is 0.750. The number of esters is 1. The summed E-state index contributed by atoms with van der Waals surface area (Å²) >= 11 is 0. The lowest BCUT2D eigenvalue weighted by molar-refractivity contribution is -0.148. The van der Waals surface area contributed by atoms with Crippen molar-refractivity contribution in [1.29, 1.82) is 0 Å². The Balaban J connectivity index is 2.29. The summed E-state index contributed by atoms with van der Waals surface area (Å²) < 4.78 is 6.84. The number of aromatic nitrogens is 2. The average Bonchev–Trinajstić information content (AvgIpc) is 2.57. The summed E-state index contributed by atoms with van der Waals surface area (Å²) in [6, 6.07) is 0. The highest BCUT2D eigenvalue weighted by Crippen LogP contribution is 2.26. The molecule has 0 radical (unpaired) electrons. The lowest BCUT2D eigenvalue weighted by Gasteiger charge is -2.19. The van der Waals surface area contributed by atoms with Crippen molar-refractivity contribution >= 4 is 11.8 Å². The lowest BCUT2D eigenvalue weighted by atomic mass is 9.89. The number of hydrogen-bond donors (Lipinski definition) is 0. The van der Waals surface area contributed by atoms with E-state index in [0.29, 0.717) is 18.7 Å². The van der Waals surface area contributed by atoms with Crippen molar-refractivity contribution in [1.82, 2.24) is 9.55 Å². The Kier molecular flexibility index (Phi) is 3.00. The van der Waals surface area contributed by atoms with Gasteiger partial charge in [-0.05, 0) is 13.8 Å². The van der Waals surface area contributed by atoms with Gasteiger partial charge < -0.3 is 9.30 Å². The van der Waals surface area contributed by atoms with Gasteiger partial charge in [-0.1, -0.05) is 0 Å². The van der Waals surface area contributed by atoms with Crippen molar-refractivity contribution in [3.8, 4) is 0 Å². The molecule has 0 aliphatic heterocycles. The second-order valence-corrected chi connectivity index (χ2v) is 4.29. The summed E-state index contributed by atoms with van der Waals surface area (Å²) in [6.45, 7) is 3.97. The molecule has 17 heavy (non-hydrogen) atoms. The second-order valence-electron chi connectivity index (χ2n) is 4.29. The van der Waals surface area contributed by atoms with E-state index in [1.165, 1.54) is 0 Å². The molecule has 0 saturated carbocycles. The van der Waals surface area contributed by atoms with E-state index < -0.39 is 0 Å². The van der Waals surface area contributed by atoms with Gasteiger partial charge in [-0.3, -0.25) is 9.59 Å². The fourth-order valence-electron chi connectivity index (χ4n) is 2.17. The molecule has 2 rings (SSSR count). The number of fused-ring (bicyclic) bond motifs is 1. The Hall–Kier alpha value is -1.65. The molecule has 0 bridgehead atoms. The number of imidazole rings is 1. The Morgan fingerprint density at radius 3 is 2.88 bits per heavy atom. The van der Waals surface area contributed by atoms with Crippen molar-refractivity contribution < 1.29 is 14.3 Å². The second kappa shape index (κ2) is 4.31. The van der Waals surface area contributed by atoms with Gasteiger partial charge in [0.15, 0.2) is 5.78 Å². The third kappa shape index (κ3) is 1.97. The van der Waals surface area contributed by atoms with Gasteiger partial charge in [0, 0.05) is 25.6 Å². The molecule has 0 unspecified atom stereocenters. The van der Waals surface area contributed by atoms with Crippen LogP contribution in [0.25, 0.3) is 0 Å². The molecular weight excluding hydrogens is 220 g/mol. The molecule has 1 aromatic heterocycles. The highest BCUT2D eigenvalue weighted by atomic mass is 16.5. The number of aryl methyl sites for hydroxylation is 1. The topological polar surface area (TPSA) is 61.2 Å². The molecule has 1 atom stereocenters. The summed E-state index contributed by atoms with van der Waals surface area (Å²) in [4.78, 5) is 27.8. The monoisotopic (exact) mass is 236 g/mol. The van der Waals surface area contributed by atoms with E-state index in [1.807, 2.05) is 18.5 Å². The predicted octanol–water partition coefficient (Wildman–Crippen LogP) is 1.04. The third-order valence-electron chi connectivity index (χ3n) is 3.19. The number of Topliss-reactive ketones (excluding diaryl/α,β-unsaturated/α-hetero) is 1. The van der Waals surface area contributed by atoms with Crippen LogP contribution < -0.4 is 0 Å². The molecule has 92 valence electrons. The van der Waals surface area contributed by atoms with Crippen molar-refractivity contribution in [3.63, 3.8) is 0 Å². The van der Waals surface area contributed by atoms with E-state index in [-0.39, 0.29) is 24.1 Å². The van der Waals surface area contributed by atoms with Gasteiger partial charge in [0.05, 0.1) is 12.5 Å². The van der Waals surface area contributed by atoms with E-state index in [4.69, 9.17) is 4.74 Å². The van der Waals surface area contributed by atoms with Crippen molar-refractivity contribution in [2.45, 2.75) is 26.7 Å². The van der Waals surface area contributed by atoms with E-state index in [2.05, 4.69) is 4.98 Å². The third-order valence-corrected chi connectivity index (χ3v) is 3.19. The SMILES string of the molecule is CCOC(=O)[C@H]1CC(=O)c2nc(C)n(C)c2C1. The lowest BCUT2D eigenvalue weighted by Crippen LogP contribution is -2.29. The van der Waals surface area contributed by atoms with Gasteiger partial charge in [-0.15, -0.1) is 0 Å². The van der Waals surface area contributed by atoms with E-state index >= 15 is 0 Å². The molecule has 1 aliphatic carbocycles. The van der Waals surface area contributed by atoms with Gasteiger partial charge in [-0.25, -0.2) is 4.98 Å². The zero-order valence-corrected chi connectivity index (χ0v) is 10.3. The zero-order valence-electron chi connectivity index (χ0n) is 10.3. The highest BCUT2D eigenvalue weighted by molar-refractivity contribution is 5.99. The molecule has 0 fully saturated rings. The maximum Gasteiger partial charge on any atom is 0.309 e. The number of ketones is 1. The van der Waals surface area contributed by atoms with Crippen LogP contribution in [0.2, 0.25) is 0 Å². The number of ether oxygens (including phenoxy) is 1. The summed E-state index contributed by atoms with van der Waals surface area (Å²) in [5, 5.41) is 0. The van der Waals surface area contributed by atoms with Crippen LogP contribution >= 0.6 is 0 Å². The molecule has 5 nitrogen and oxygen atoms in total. The van der Waals surface area contributed by atoms with E-state index in [1.54, 1.807) is 6.92 Å². The number of nitrogens with zero attached hydrogens (tertiary/aromatic N) is 2. The average molecular weight is 236 g/mol. The first kappa shape index (κ1) is 11.8. The van der Waals surface area contributed by atoms with Gasteiger partial charge in [0.25, 0.3) is 0 Å². The highest BCUT2D eigenvalue weighted by Gasteiger charge is 2.34. The molecule has 0 saturated heterocycles. The maximum absolute atomic E-state index is 11.9. The number of carbonyl (C=O) groups is 2. The van der Waals surface area contributed by atoms with Crippen LogP contribution in [0.5, 0.6) is 0 Å². The summed E-state index contributed by atoms with van der Waals surface area (Å²) in [5.41, 5.74) is 1.36.